The third kappa shape index (κ3) is 1.92. The van der Waals surface area contributed by atoms with Gasteiger partial charge in [0.15, 0.2) is 5.65 Å². The number of aromatic nitrogens is 3. The minimum absolute atomic E-state index is 0.000353. The Labute approximate surface area is 99.1 Å². The molecule has 1 aliphatic heterocycles. The van der Waals surface area contributed by atoms with Gasteiger partial charge in [0.1, 0.15) is 6.23 Å². The van der Waals surface area contributed by atoms with Crippen molar-refractivity contribution < 1.29 is 9.84 Å². The molecule has 0 bridgehead atoms. The third-order valence-electron chi connectivity index (χ3n) is 3.13. The second-order valence-corrected chi connectivity index (χ2v) is 4.32. The van der Waals surface area contributed by atoms with Crippen molar-refractivity contribution in [3.63, 3.8) is 0 Å². The number of ether oxygens (including phenoxy) is 1. The van der Waals surface area contributed by atoms with Gasteiger partial charge in [-0.2, -0.15) is 0 Å². The van der Waals surface area contributed by atoms with E-state index < -0.39 is 0 Å². The molecule has 0 saturated carbocycles. The van der Waals surface area contributed by atoms with Crippen LogP contribution in [0.5, 0.6) is 0 Å². The third-order valence-corrected chi connectivity index (χ3v) is 3.13. The number of hydrogen-bond donors (Lipinski definition) is 1. The van der Waals surface area contributed by atoms with Crippen LogP contribution >= 0.6 is 0 Å². The minimum atomic E-state index is -0.000353. The Morgan fingerprint density at radius 1 is 1.41 bits per heavy atom. The standard InChI is InChI=1S/C12H15N3O2/c16-7-9-5-10-12(13-6-9)14-8-15(10)11-3-1-2-4-17-11/h5-6,8,11,16H,1-4,7H2. The highest BCUT2D eigenvalue weighted by Crippen LogP contribution is 2.26. The number of imidazole rings is 1. The number of aliphatic hydroxyl groups is 1. The van der Waals surface area contributed by atoms with E-state index in [-0.39, 0.29) is 12.8 Å². The molecule has 1 saturated heterocycles. The molecule has 0 aromatic carbocycles. The summed E-state index contributed by atoms with van der Waals surface area (Å²) in [6, 6.07) is 1.92. The van der Waals surface area contributed by atoms with E-state index >= 15 is 0 Å². The molecule has 1 unspecified atom stereocenters. The van der Waals surface area contributed by atoms with Gasteiger partial charge in [0.05, 0.1) is 18.5 Å². The molecule has 1 N–H and O–H groups in total. The summed E-state index contributed by atoms with van der Waals surface area (Å²) in [6.07, 6.45) is 6.80. The van der Waals surface area contributed by atoms with Crippen LogP contribution in [0.4, 0.5) is 0 Å². The van der Waals surface area contributed by atoms with Crippen molar-refractivity contribution in [1.29, 1.82) is 0 Å². The molecule has 2 aromatic heterocycles. The second-order valence-electron chi connectivity index (χ2n) is 4.32. The second kappa shape index (κ2) is 4.43. The summed E-state index contributed by atoms with van der Waals surface area (Å²) in [5.74, 6) is 0. The van der Waals surface area contributed by atoms with Crippen LogP contribution in [0.2, 0.25) is 0 Å². The van der Waals surface area contributed by atoms with Gasteiger partial charge in [-0.25, -0.2) is 9.97 Å². The van der Waals surface area contributed by atoms with Crippen LogP contribution in [0.15, 0.2) is 18.6 Å². The smallest absolute Gasteiger partial charge is 0.177 e. The van der Waals surface area contributed by atoms with Crippen molar-refractivity contribution in [1.82, 2.24) is 14.5 Å². The molecule has 0 radical (unpaired) electrons. The van der Waals surface area contributed by atoms with Crippen LogP contribution in [-0.2, 0) is 11.3 Å². The maximum Gasteiger partial charge on any atom is 0.177 e. The van der Waals surface area contributed by atoms with Crippen LogP contribution in [0.3, 0.4) is 0 Å². The van der Waals surface area contributed by atoms with E-state index in [4.69, 9.17) is 9.84 Å². The van der Waals surface area contributed by atoms with E-state index in [0.29, 0.717) is 5.65 Å². The Balaban J connectivity index is 2.02. The Morgan fingerprint density at radius 3 is 3.12 bits per heavy atom. The predicted octanol–water partition coefficient (Wildman–Crippen LogP) is 1.62. The maximum absolute atomic E-state index is 9.13. The van der Waals surface area contributed by atoms with Crippen molar-refractivity contribution in [2.45, 2.75) is 32.1 Å². The number of hydrogen-bond acceptors (Lipinski definition) is 4. The monoisotopic (exact) mass is 233 g/mol. The molecule has 1 atom stereocenters. The highest BCUT2D eigenvalue weighted by molar-refractivity contribution is 5.71. The molecular weight excluding hydrogens is 218 g/mol. The van der Waals surface area contributed by atoms with Crippen molar-refractivity contribution in [3.8, 4) is 0 Å². The highest BCUT2D eigenvalue weighted by atomic mass is 16.5. The van der Waals surface area contributed by atoms with E-state index in [2.05, 4.69) is 9.97 Å². The lowest BCUT2D eigenvalue weighted by atomic mass is 10.2. The lowest BCUT2D eigenvalue weighted by molar-refractivity contribution is -0.0295. The average molecular weight is 233 g/mol. The quantitative estimate of drug-likeness (QED) is 0.856. The fourth-order valence-corrected chi connectivity index (χ4v) is 2.22. The number of nitrogens with zero attached hydrogens (tertiary/aromatic N) is 3. The largest absolute Gasteiger partial charge is 0.392 e. The van der Waals surface area contributed by atoms with Crippen molar-refractivity contribution in [2.75, 3.05) is 6.61 Å². The van der Waals surface area contributed by atoms with Gasteiger partial charge in [-0.15, -0.1) is 0 Å². The number of fused-ring (bicyclic) bond motifs is 1. The zero-order chi connectivity index (χ0) is 11.7. The van der Waals surface area contributed by atoms with Crippen LogP contribution in [0.25, 0.3) is 11.2 Å². The summed E-state index contributed by atoms with van der Waals surface area (Å²) in [4.78, 5) is 8.48. The van der Waals surface area contributed by atoms with Gasteiger partial charge in [-0.1, -0.05) is 0 Å². The molecule has 1 fully saturated rings. The number of rotatable bonds is 2. The van der Waals surface area contributed by atoms with Gasteiger partial charge in [-0.05, 0) is 30.9 Å². The average Bonchev–Trinajstić information content (AvgIpc) is 2.82. The van der Waals surface area contributed by atoms with Crippen LogP contribution in [0, 0.1) is 0 Å². The van der Waals surface area contributed by atoms with Crippen molar-refractivity contribution in [2.24, 2.45) is 0 Å². The summed E-state index contributed by atoms with van der Waals surface area (Å²) < 4.78 is 7.75. The number of aliphatic hydroxyl groups excluding tert-OH is 1. The topological polar surface area (TPSA) is 60.2 Å². The predicted molar refractivity (Wildman–Crippen MR) is 62.3 cm³/mol. The van der Waals surface area contributed by atoms with E-state index in [1.54, 1.807) is 12.5 Å². The molecule has 2 aromatic rings. The Kier molecular flexibility index (Phi) is 2.78. The summed E-state index contributed by atoms with van der Waals surface area (Å²) in [5.41, 5.74) is 2.44. The summed E-state index contributed by atoms with van der Waals surface area (Å²) in [6.45, 7) is 0.803. The lowest BCUT2D eigenvalue weighted by Gasteiger charge is -2.24. The molecule has 5 nitrogen and oxygen atoms in total. The Hall–Kier alpha value is -1.46. The fourth-order valence-electron chi connectivity index (χ4n) is 2.22. The summed E-state index contributed by atoms with van der Waals surface area (Å²) in [5, 5.41) is 9.13. The number of pyridine rings is 1. The molecule has 0 spiro atoms. The van der Waals surface area contributed by atoms with Gasteiger partial charge >= 0.3 is 0 Å². The molecule has 3 rings (SSSR count). The molecule has 3 heterocycles. The first-order chi connectivity index (χ1) is 8.38. The van der Waals surface area contributed by atoms with E-state index in [1.165, 1.54) is 6.42 Å². The van der Waals surface area contributed by atoms with Crippen molar-refractivity contribution in [3.05, 3.63) is 24.2 Å². The summed E-state index contributed by atoms with van der Waals surface area (Å²) >= 11 is 0. The molecule has 90 valence electrons. The molecule has 0 amide bonds. The first-order valence-electron chi connectivity index (χ1n) is 5.92. The zero-order valence-corrected chi connectivity index (χ0v) is 9.54. The molecule has 0 aliphatic carbocycles. The van der Waals surface area contributed by atoms with E-state index in [0.717, 1.165) is 30.5 Å². The molecule has 5 heteroatoms. The first kappa shape index (κ1) is 10.7. The van der Waals surface area contributed by atoms with Gasteiger partial charge in [0, 0.05) is 12.8 Å². The fraction of sp³-hybridized carbons (Fsp3) is 0.500. The minimum Gasteiger partial charge on any atom is -0.392 e. The van der Waals surface area contributed by atoms with Gasteiger partial charge < -0.3 is 14.4 Å². The van der Waals surface area contributed by atoms with E-state index in [9.17, 15) is 0 Å². The van der Waals surface area contributed by atoms with Crippen molar-refractivity contribution >= 4 is 11.2 Å². The van der Waals surface area contributed by atoms with Gasteiger partial charge in [0.2, 0.25) is 0 Å². The zero-order valence-electron chi connectivity index (χ0n) is 9.54. The summed E-state index contributed by atoms with van der Waals surface area (Å²) in [7, 11) is 0. The maximum atomic E-state index is 9.13. The van der Waals surface area contributed by atoms with E-state index in [1.807, 2.05) is 10.6 Å². The van der Waals surface area contributed by atoms with Crippen LogP contribution in [-0.4, -0.2) is 26.2 Å². The molecule has 1 aliphatic rings. The Morgan fingerprint density at radius 2 is 2.35 bits per heavy atom. The van der Waals surface area contributed by atoms with Gasteiger partial charge in [0.25, 0.3) is 0 Å². The van der Waals surface area contributed by atoms with Crippen LogP contribution < -0.4 is 0 Å². The Bertz CT molecular complexity index is 517. The lowest BCUT2D eigenvalue weighted by Crippen LogP contribution is -2.17. The SMILES string of the molecule is OCc1cnc2ncn(C3CCCCO3)c2c1. The highest BCUT2D eigenvalue weighted by Gasteiger charge is 2.18. The first-order valence-corrected chi connectivity index (χ1v) is 5.92. The van der Waals surface area contributed by atoms with Gasteiger partial charge in [-0.3, -0.25) is 0 Å². The molecule has 17 heavy (non-hydrogen) atoms. The van der Waals surface area contributed by atoms with Crippen LogP contribution in [0.1, 0.15) is 31.1 Å². The normalized spacial score (nSPS) is 20.9. The molecular formula is C12H15N3O2.